The second-order valence-corrected chi connectivity index (χ2v) is 8.43. The molecular weight excluding hydrogens is 364 g/mol. The maximum absolute atomic E-state index is 14.5. The molecule has 28 heavy (non-hydrogen) atoms. The molecule has 2 bridgehead atoms. The van der Waals surface area contributed by atoms with E-state index in [9.17, 15) is 13.9 Å². The predicted octanol–water partition coefficient (Wildman–Crippen LogP) is 4.44. The van der Waals surface area contributed by atoms with Gasteiger partial charge in [-0.1, -0.05) is 13.8 Å². The van der Waals surface area contributed by atoms with E-state index in [2.05, 4.69) is 10.1 Å². The summed E-state index contributed by atoms with van der Waals surface area (Å²) in [5.74, 6) is 0.359. The smallest absolute Gasteiger partial charge is 0.247 e. The van der Waals surface area contributed by atoms with E-state index in [4.69, 9.17) is 4.42 Å². The number of aromatic nitrogens is 3. The van der Waals surface area contributed by atoms with Crippen LogP contribution < -0.4 is 0 Å². The summed E-state index contributed by atoms with van der Waals surface area (Å²) in [6.45, 7) is 3.67. The lowest BCUT2D eigenvalue weighted by molar-refractivity contribution is 0.198. The number of aliphatic hydroxyl groups excluding tert-OH is 1. The third-order valence-corrected chi connectivity index (χ3v) is 6.10. The van der Waals surface area contributed by atoms with E-state index < -0.39 is 17.0 Å². The van der Waals surface area contributed by atoms with Crippen LogP contribution in [0.15, 0.2) is 28.8 Å². The summed E-state index contributed by atoms with van der Waals surface area (Å²) >= 11 is 0. The van der Waals surface area contributed by atoms with E-state index in [1.807, 2.05) is 13.8 Å². The average Bonchev–Trinajstić information content (AvgIpc) is 3.42. The van der Waals surface area contributed by atoms with Crippen molar-refractivity contribution in [2.24, 2.45) is 0 Å². The summed E-state index contributed by atoms with van der Waals surface area (Å²) in [5.41, 5.74) is 2.34. The molecule has 0 radical (unpaired) electrons. The van der Waals surface area contributed by atoms with Crippen LogP contribution in [0.5, 0.6) is 0 Å². The molecule has 146 valence electrons. The van der Waals surface area contributed by atoms with Gasteiger partial charge in [-0.05, 0) is 37.3 Å². The van der Waals surface area contributed by atoms with E-state index in [0.717, 1.165) is 36.6 Å². The Kier molecular flexibility index (Phi) is 3.75. The lowest BCUT2D eigenvalue weighted by Crippen LogP contribution is -2.21. The normalized spacial score (nSPS) is 20.8. The van der Waals surface area contributed by atoms with Crippen molar-refractivity contribution < 1.29 is 18.3 Å². The molecule has 0 amide bonds. The fourth-order valence-corrected chi connectivity index (χ4v) is 4.50. The van der Waals surface area contributed by atoms with E-state index in [1.54, 1.807) is 10.9 Å². The molecule has 0 aliphatic heterocycles. The molecule has 1 N–H and O–H groups in total. The van der Waals surface area contributed by atoms with Crippen LogP contribution in [0.4, 0.5) is 8.78 Å². The number of benzene rings is 1. The Hall–Kier alpha value is -2.54. The molecule has 2 atom stereocenters. The molecule has 5 nitrogen and oxygen atoms in total. The fraction of sp³-hybridized carbons (Fsp3) is 0.429. The van der Waals surface area contributed by atoms with Crippen molar-refractivity contribution in [1.82, 2.24) is 14.8 Å². The van der Waals surface area contributed by atoms with Gasteiger partial charge in [0.15, 0.2) is 11.5 Å². The molecule has 2 heterocycles. The highest BCUT2D eigenvalue weighted by molar-refractivity contribution is 5.62. The van der Waals surface area contributed by atoms with Gasteiger partial charge in [0.05, 0.1) is 18.5 Å². The first-order valence-electron chi connectivity index (χ1n) is 9.55. The number of hydrogen-bond donors (Lipinski definition) is 1. The largest absolute Gasteiger partial charge is 0.439 e. The van der Waals surface area contributed by atoms with Crippen molar-refractivity contribution in [2.45, 2.75) is 50.4 Å². The molecule has 2 aliphatic rings. The molecule has 2 unspecified atom stereocenters. The molecule has 7 heteroatoms. The van der Waals surface area contributed by atoms with Gasteiger partial charge >= 0.3 is 0 Å². The summed E-state index contributed by atoms with van der Waals surface area (Å²) in [4.78, 5) is 4.40. The first kappa shape index (κ1) is 17.6. The van der Waals surface area contributed by atoms with Gasteiger partial charge in [0, 0.05) is 23.0 Å². The van der Waals surface area contributed by atoms with Crippen molar-refractivity contribution >= 4 is 0 Å². The second kappa shape index (κ2) is 5.98. The minimum absolute atomic E-state index is 0.0698. The molecule has 3 aromatic rings. The Morgan fingerprint density at radius 3 is 2.79 bits per heavy atom. The van der Waals surface area contributed by atoms with Crippen LogP contribution in [0, 0.1) is 11.6 Å². The molecule has 1 fully saturated rings. The number of oxazole rings is 1. The zero-order valence-corrected chi connectivity index (χ0v) is 15.7. The number of nitrogens with zero attached hydrogens (tertiary/aromatic N) is 3. The standard InChI is InChI=1S/C21H21F2N3O2/c1-21(2,10-27)16-9-24-20(28-16)18-17-11-3-4-12(7-11)19(17)26(25-18)15-6-5-13(22)8-14(15)23/h5-6,8-9,11-12,27H,3-4,7,10H2,1-2H3. The quantitative estimate of drug-likeness (QED) is 0.721. The van der Waals surface area contributed by atoms with Crippen LogP contribution in [-0.2, 0) is 5.41 Å². The minimum Gasteiger partial charge on any atom is -0.439 e. The van der Waals surface area contributed by atoms with Crippen LogP contribution in [0.2, 0.25) is 0 Å². The van der Waals surface area contributed by atoms with Crippen molar-refractivity contribution in [3.05, 3.63) is 53.0 Å². The molecule has 2 aromatic heterocycles. The maximum atomic E-state index is 14.5. The van der Waals surface area contributed by atoms with Crippen LogP contribution in [0.25, 0.3) is 17.3 Å². The first-order chi connectivity index (χ1) is 13.4. The Bertz CT molecular complexity index is 1070. The highest BCUT2D eigenvalue weighted by atomic mass is 19.1. The van der Waals surface area contributed by atoms with Gasteiger partial charge in [-0.2, -0.15) is 5.10 Å². The second-order valence-electron chi connectivity index (χ2n) is 8.43. The van der Waals surface area contributed by atoms with Crippen molar-refractivity contribution in [1.29, 1.82) is 0 Å². The van der Waals surface area contributed by atoms with Gasteiger partial charge in [-0.15, -0.1) is 0 Å². The van der Waals surface area contributed by atoms with Gasteiger partial charge in [0.25, 0.3) is 0 Å². The summed E-state index contributed by atoms with van der Waals surface area (Å²) < 4.78 is 35.4. The van der Waals surface area contributed by atoms with E-state index in [-0.39, 0.29) is 12.3 Å². The van der Waals surface area contributed by atoms with E-state index in [1.165, 1.54) is 12.1 Å². The molecule has 1 saturated carbocycles. The first-order valence-corrected chi connectivity index (χ1v) is 9.55. The molecule has 1 aromatic carbocycles. The van der Waals surface area contributed by atoms with Gasteiger partial charge in [-0.3, -0.25) is 0 Å². The third-order valence-electron chi connectivity index (χ3n) is 6.10. The Morgan fingerprint density at radius 2 is 2.04 bits per heavy atom. The minimum atomic E-state index is -0.644. The highest BCUT2D eigenvalue weighted by Gasteiger charge is 2.44. The SMILES string of the molecule is CC(C)(CO)c1cnc(-c2nn(-c3ccc(F)cc3F)c3c2C2CCC3C2)o1. The number of fused-ring (bicyclic) bond motifs is 5. The lowest BCUT2D eigenvalue weighted by atomic mass is 9.92. The van der Waals surface area contributed by atoms with E-state index in [0.29, 0.717) is 29.2 Å². The van der Waals surface area contributed by atoms with Gasteiger partial charge in [-0.25, -0.2) is 18.4 Å². The highest BCUT2D eigenvalue weighted by Crippen LogP contribution is 2.56. The van der Waals surface area contributed by atoms with Crippen molar-refractivity contribution in [3.63, 3.8) is 0 Å². The monoisotopic (exact) mass is 385 g/mol. The average molecular weight is 385 g/mol. The summed E-state index contributed by atoms with van der Waals surface area (Å²) in [5, 5.41) is 14.3. The van der Waals surface area contributed by atoms with E-state index >= 15 is 0 Å². The van der Waals surface area contributed by atoms with Gasteiger partial charge in [0.1, 0.15) is 17.3 Å². The van der Waals surface area contributed by atoms with Gasteiger partial charge in [0.2, 0.25) is 5.89 Å². The van der Waals surface area contributed by atoms with Crippen LogP contribution in [0.3, 0.4) is 0 Å². The fourth-order valence-electron chi connectivity index (χ4n) is 4.50. The zero-order chi connectivity index (χ0) is 19.6. The number of rotatable bonds is 4. The lowest BCUT2D eigenvalue weighted by Gasteiger charge is -2.17. The molecular formula is C21H21F2N3O2. The molecule has 0 saturated heterocycles. The predicted molar refractivity (Wildman–Crippen MR) is 98.4 cm³/mol. The Balaban J connectivity index is 1.68. The molecule has 2 aliphatic carbocycles. The van der Waals surface area contributed by atoms with Crippen LogP contribution >= 0.6 is 0 Å². The molecule has 0 spiro atoms. The zero-order valence-electron chi connectivity index (χ0n) is 15.7. The van der Waals surface area contributed by atoms with Crippen molar-refractivity contribution in [2.75, 3.05) is 6.61 Å². The summed E-state index contributed by atoms with van der Waals surface area (Å²) in [6.07, 6.45) is 4.74. The topological polar surface area (TPSA) is 64.1 Å². The number of halogens is 2. The summed E-state index contributed by atoms with van der Waals surface area (Å²) in [7, 11) is 0. The third kappa shape index (κ3) is 2.45. The van der Waals surface area contributed by atoms with Crippen LogP contribution in [-0.4, -0.2) is 26.5 Å². The van der Waals surface area contributed by atoms with Crippen molar-refractivity contribution in [3.8, 4) is 17.3 Å². The van der Waals surface area contributed by atoms with Gasteiger partial charge < -0.3 is 9.52 Å². The number of aliphatic hydroxyl groups is 1. The van der Waals surface area contributed by atoms with Crippen LogP contribution in [0.1, 0.15) is 62.0 Å². The number of hydrogen-bond acceptors (Lipinski definition) is 4. The molecule has 5 rings (SSSR count). The summed E-state index contributed by atoms with van der Waals surface area (Å²) in [6, 6.07) is 3.54. The Morgan fingerprint density at radius 1 is 1.25 bits per heavy atom. The maximum Gasteiger partial charge on any atom is 0.247 e. The Labute approximate surface area is 161 Å².